The Bertz CT molecular complexity index is 1140. The lowest BCUT2D eigenvalue weighted by molar-refractivity contribution is 0.282. The highest BCUT2D eigenvalue weighted by Gasteiger charge is 2.29. The molecule has 0 fully saturated rings. The summed E-state index contributed by atoms with van der Waals surface area (Å²) in [5.41, 5.74) is 1.46. The zero-order chi connectivity index (χ0) is 20.7. The second kappa shape index (κ2) is 7.21. The maximum absolute atomic E-state index is 13.8. The molecule has 0 saturated heterocycles. The van der Waals surface area contributed by atoms with Gasteiger partial charge in [0.05, 0.1) is 12.6 Å². The third kappa shape index (κ3) is 3.42. The minimum Gasteiger partial charge on any atom is -0.392 e. The van der Waals surface area contributed by atoms with Gasteiger partial charge in [-0.1, -0.05) is 12.1 Å². The van der Waals surface area contributed by atoms with Gasteiger partial charge in [0.2, 0.25) is 11.9 Å². The Kier molecular flexibility index (Phi) is 4.71. The van der Waals surface area contributed by atoms with Gasteiger partial charge in [-0.15, -0.1) is 0 Å². The molecule has 150 valence electrons. The number of aliphatic hydroxyl groups is 1. The van der Waals surface area contributed by atoms with Crippen molar-refractivity contribution >= 4 is 17.6 Å². The maximum atomic E-state index is 13.8. The number of fused-ring (bicyclic) bond motifs is 1. The summed E-state index contributed by atoms with van der Waals surface area (Å²) in [7, 11) is 0. The van der Waals surface area contributed by atoms with Crippen molar-refractivity contribution in [1.29, 1.82) is 0 Å². The third-order valence-corrected chi connectivity index (χ3v) is 4.75. The largest absolute Gasteiger partial charge is 0.392 e. The van der Waals surface area contributed by atoms with Crippen molar-refractivity contribution in [1.82, 2.24) is 14.5 Å². The minimum atomic E-state index is -1.55. The Labute approximate surface area is 162 Å². The van der Waals surface area contributed by atoms with Crippen LogP contribution in [0.1, 0.15) is 22.7 Å². The molecule has 0 radical (unpaired) electrons. The summed E-state index contributed by atoms with van der Waals surface area (Å²) in [6.07, 6.45) is 0. The predicted octanol–water partition coefficient (Wildman–Crippen LogP) is 2.61. The van der Waals surface area contributed by atoms with E-state index in [0.29, 0.717) is 11.3 Å². The number of aryl methyl sites for hydroxylation is 1. The number of halogens is 3. The number of hydrogen-bond acceptors (Lipinski definition) is 6. The summed E-state index contributed by atoms with van der Waals surface area (Å²) < 4.78 is 42.3. The minimum absolute atomic E-state index is 0.0957. The van der Waals surface area contributed by atoms with Gasteiger partial charge in [0, 0.05) is 12.2 Å². The van der Waals surface area contributed by atoms with Gasteiger partial charge in [0.25, 0.3) is 0 Å². The average molecular weight is 403 g/mol. The molecule has 1 aromatic heterocycles. The van der Waals surface area contributed by atoms with Crippen LogP contribution in [0.4, 0.5) is 30.8 Å². The number of nitrogens with one attached hydrogen (secondary N) is 2. The van der Waals surface area contributed by atoms with Crippen molar-refractivity contribution in [2.75, 3.05) is 17.2 Å². The lowest BCUT2D eigenvalue weighted by Gasteiger charge is -2.19. The van der Waals surface area contributed by atoms with Crippen molar-refractivity contribution in [2.24, 2.45) is 0 Å². The fourth-order valence-corrected chi connectivity index (χ4v) is 3.26. The summed E-state index contributed by atoms with van der Waals surface area (Å²) in [5.74, 6) is -3.91. The fraction of sp³-hybridized carbons (Fsp3) is 0.211. The number of anilines is 3. The van der Waals surface area contributed by atoms with Crippen LogP contribution < -0.4 is 16.3 Å². The van der Waals surface area contributed by atoms with E-state index < -0.39 is 29.2 Å². The average Bonchev–Trinajstić information content (AvgIpc) is 3.11. The molecule has 2 heterocycles. The SMILES string of the molecule is Cc1ccc(CO)cc1Nc1nc(=O)nc2n1C(c1cc(F)c(F)c(F)c1)CN2. The van der Waals surface area contributed by atoms with Gasteiger partial charge in [-0.05, 0) is 41.8 Å². The predicted molar refractivity (Wildman–Crippen MR) is 99.6 cm³/mol. The second-order valence-electron chi connectivity index (χ2n) is 6.65. The fourth-order valence-electron chi connectivity index (χ4n) is 3.26. The van der Waals surface area contributed by atoms with E-state index in [1.165, 1.54) is 4.57 Å². The molecule has 3 N–H and O–H groups in total. The Morgan fingerprint density at radius 3 is 2.62 bits per heavy atom. The van der Waals surface area contributed by atoms with Crippen molar-refractivity contribution in [2.45, 2.75) is 19.6 Å². The molecule has 7 nitrogen and oxygen atoms in total. The Balaban J connectivity index is 1.82. The van der Waals surface area contributed by atoms with Crippen LogP contribution in [-0.2, 0) is 6.61 Å². The molecule has 3 aromatic rings. The molecule has 10 heteroatoms. The number of benzene rings is 2. The maximum Gasteiger partial charge on any atom is 0.373 e. The number of hydrogen-bond donors (Lipinski definition) is 3. The van der Waals surface area contributed by atoms with Crippen LogP contribution >= 0.6 is 0 Å². The van der Waals surface area contributed by atoms with Crippen LogP contribution in [0.3, 0.4) is 0 Å². The highest BCUT2D eigenvalue weighted by Crippen LogP contribution is 2.33. The molecule has 1 unspecified atom stereocenters. The highest BCUT2D eigenvalue weighted by atomic mass is 19.2. The molecule has 0 saturated carbocycles. The first-order valence-corrected chi connectivity index (χ1v) is 8.73. The summed E-state index contributed by atoms with van der Waals surface area (Å²) in [5, 5.41) is 15.3. The van der Waals surface area contributed by atoms with Gasteiger partial charge in [0.15, 0.2) is 17.5 Å². The van der Waals surface area contributed by atoms with Crippen LogP contribution in [0.25, 0.3) is 0 Å². The van der Waals surface area contributed by atoms with Gasteiger partial charge < -0.3 is 15.7 Å². The van der Waals surface area contributed by atoms with E-state index in [0.717, 1.165) is 17.7 Å². The van der Waals surface area contributed by atoms with E-state index in [9.17, 15) is 23.1 Å². The topological polar surface area (TPSA) is 92.1 Å². The van der Waals surface area contributed by atoms with Crippen molar-refractivity contribution in [3.05, 3.63) is 75.0 Å². The zero-order valence-electron chi connectivity index (χ0n) is 15.2. The zero-order valence-corrected chi connectivity index (χ0v) is 15.2. The van der Waals surface area contributed by atoms with E-state index in [-0.39, 0.29) is 30.6 Å². The first-order chi connectivity index (χ1) is 13.9. The van der Waals surface area contributed by atoms with E-state index in [4.69, 9.17) is 0 Å². The molecule has 2 aromatic carbocycles. The second-order valence-corrected chi connectivity index (χ2v) is 6.65. The van der Waals surface area contributed by atoms with Gasteiger partial charge in [-0.25, -0.2) is 18.0 Å². The summed E-state index contributed by atoms with van der Waals surface area (Å²) in [6, 6.07) is 6.37. The quantitative estimate of drug-likeness (QED) is 0.580. The lowest BCUT2D eigenvalue weighted by Crippen LogP contribution is -2.21. The summed E-state index contributed by atoms with van der Waals surface area (Å²) in [6.45, 7) is 1.83. The van der Waals surface area contributed by atoms with Crippen LogP contribution in [0, 0.1) is 24.4 Å². The molecular formula is C19H16F3N5O2. The van der Waals surface area contributed by atoms with Gasteiger partial charge in [-0.3, -0.25) is 4.57 Å². The monoisotopic (exact) mass is 403 g/mol. The normalized spacial score (nSPS) is 15.1. The van der Waals surface area contributed by atoms with E-state index in [1.54, 1.807) is 18.2 Å². The molecule has 0 bridgehead atoms. The molecule has 4 rings (SSSR count). The number of aromatic nitrogens is 3. The first-order valence-electron chi connectivity index (χ1n) is 8.73. The number of aliphatic hydroxyl groups excluding tert-OH is 1. The molecule has 1 atom stereocenters. The number of nitrogens with zero attached hydrogens (tertiary/aromatic N) is 3. The third-order valence-electron chi connectivity index (χ3n) is 4.75. The lowest BCUT2D eigenvalue weighted by atomic mass is 10.1. The Morgan fingerprint density at radius 1 is 1.21 bits per heavy atom. The smallest absolute Gasteiger partial charge is 0.373 e. The molecule has 29 heavy (non-hydrogen) atoms. The van der Waals surface area contributed by atoms with E-state index >= 15 is 0 Å². The first kappa shape index (κ1) is 18.9. The molecule has 1 aliphatic heterocycles. The van der Waals surface area contributed by atoms with E-state index in [1.807, 2.05) is 6.92 Å². The van der Waals surface area contributed by atoms with Crippen molar-refractivity contribution in [3.8, 4) is 0 Å². The van der Waals surface area contributed by atoms with Gasteiger partial charge >= 0.3 is 5.69 Å². The van der Waals surface area contributed by atoms with Crippen LogP contribution in [-0.4, -0.2) is 26.2 Å². The Hall–Kier alpha value is -3.40. The van der Waals surface area contributed by atoms with E-state index in [2.05, 4.69) is 20.6 Å². The van der Waals surface area contributed by atoms with Crippen molar-refractivity contribution < 1.29 is 18.3 Å². The number of rotatable bonds is 4. The van der Waals surface area contributed by atoms with Crippen LogP contribution in [0.5, 0.6) is 0 Å². The molecule has 0 aliphatic carbocycles. The van der Waals surface area contributed by atoms with Crippen molar-refractivity contribution in [3.63, 3.8) is 0 Å². The molecule has 0 amide bonds. The standard InChI is InChI=1S/C19H16F3N5O2/c1-9-2-3-10(8-28)4-14(9)24-18-26-19(29)25-17-23-7-15(27(17)18)11-5-12(20)16(22)13(21)6-11/h2-6,15,28H,7-8H2,1H3,(H2,23,24,25,26,29). The molecule has 0 spiro atoms. The Morgan fingerprint density at radius 2 is 1.93 bits per heavy atom. The summed E-state index contributed by atoms with van der Waals surface area (Å²) >= 11 is 0. The molecule has 1 aliphatic rings. The van der Waals surface area contributed by atoms with Crippen LogP contribution in [0.2, 0.25) is 0 Å². The van der Waals surface area contributed by atoms with Gasteiger partial charge in [-0.2, -0.15) is 9.97 Å². The summed E-state index contributed by atoms with van der Waals surface area (Å²) in [4.78, 5) is 19.6. The van der Waals surface area contributed by atoms with Crippen LogP contribution in [0.15, 0.2) is 35.1 Å². The molecular weight excluding hydrogens is 387 g/mol. The van der Waals surface area contributed by atoms with Gasteiger partial charge in [0.1, 0.15) is 0 Å². The highest BCUT2D eigenvalue weighted by molar-refractivity contribution is 5.61.